The molecule has 0 aliphatic heterocycles. The van der Waals surface area contributed by atoms with Gasteiger partial charge in [0.05, 0.1) is 0 Å². The lowest BCUT2D eigenvalue weighted by molar-refractivity contribution is 0.0429. The molecule has 1 aromatic heterocycles. The average Bonchev–Trinajstić information content (AvgIpc) is 2.48. The van der Waals surface area contributed by atoms with E-state index in [-0.39, 0.29) is 5.82 Å². The number of carbonyl (C=O) groups excluding carboxylic acids is 2. The van der Waals surface area contributed by atoms with Crippen LogP contribution in [0, 0.1) is 0 Å². The standard InChI is InChI=1S/C21H35N3O4/c1-15(2)22-12-9-10-16-11-13-23-17(14-16)24(18(25)27-20(3,4)5)19(26)28-21(6,7)8/h11,13-15,22H,9-10,12H2,1-8H3. The van der Waals surface area contributed by atoms with E-state index in [1.165, 1.54) is 0 Å². The van der Waals surface area contributed by atoms with E-state index in [2.05, 4.69) is 24.1 Å². The monoisotopic (exact) mass is 393 g/mol. The van der Waals surface area contributed by atoms with Gasteiger partial charge in [-0.3, -0.25) is 0 Å². The second-order valence-corrected chi connectivity index (χ2v) is 9.03. The molecule has 0 fully saturated rings. The number of imide groups is 1. The Morgan fingerprint density at radius 1 is 1.07 bits per heavy atom. The molecular weight excluding hydrogens is 358 g/mol. The fourth-order valence-electron chi connectivity index (χ4n) is 2.30. The molecule has 0 aromatic carbocycles. The zero-order valence-corrected chi connectivity index (χ0v) is 18.5. The lowest BCUT2D eigenvalue weighted by Crippen LogP contribution is -2.44. The number of nitrogens with zero attached hydrogens (tertiary/aromatic N) is 2. The minimum absolute atomic E-state index is 0.192. The molecule has 1 rings (SSSR count). The minimum atomic E-state index is -0.812. The SMILES string of the molecule is CC(C)NCCCc1ccnc(N(C(=O)OC(C)(C)C)C(=O)OC(C)(C)C)c1. The zero-order valence-electron chi connectivity index (χ0n) is 18.5. The normalized spacial score (nSPS) is 12.0. The Morgan fingerprint density at radius 3 is 2.07 bits per heavy atom. The highest BCUT2D eigenvalue weighted by atomic mass is 16.6. The Kier molecular flexibility index (Phi) is 8.42. The summed E-state index contributed by atoms with van der Waals surface area (Å²) in [6, 6.07) is 4.03. The van der Waals surface area contributed by atoms with Crippen LogP contribution >= 0.6 is 0 Å². The molecule has 0 saturated carbocycles. The van der Waals surface area contributed by atoms with E-state index in [9.17, 15) is 9.59 Å². The van der Waals surface area contributed by atoms with E-state index in [1.54, 1.807) is 53.8 Å². The summed E-state index contributed by atoms with van der Waals surface area (Å²) in [6.07, 6.45) is 1.69. The number of aryl methyl sites for hydroxylation is 1. The number of carbonyl (C=O) groups is 2. The van der Waals surface area contributed by atoms with Gasteiger partial charge in [-0.1, -0.05) is 13.8 Å². The van der Waals surface area contributed by atoms with Gasteiger partial charge in [-0.2, -0.15) is 4.90 Å². The first kappa shape index (κ1) is 23.9. The van der Waals surface area contributed by atoms with Crippen LogP contribution in [-0.2, 0) is 15.9 Å². The van der Waals surface area contributed by atoms with E-state index < -0.39 is 23.4 Å². The fraction of sp³-hybridized carbons (Fsp3) is 0.667. The van der Waals surface area contributed by atoms with Crippen molar-refractivity contribution in [2.75, 3.05) is 11.4 Å². The van der Waals surface area contributed by atoms with Crippen molar-refractivity contribution in [2.45, 2.75) is 85.5 Å². The molecule has 0 spiro atoms. The summed E-state index contributed by atoms with van der Waals surface area (Å²) in [5.41, 5.74) is -0.526. The summed E-state index contributed by atoms with van der Waals surface area (Å²) in [4.78, 5) is 30.4. The Balaban J connectivity index is 3.04. The third kappa shape index (κ3) is 9.17. The molecule has 0 saturated heterocycles. The van der Waals surface area contributed by atoms with Crippen molar-refractivity contribution in [3.63, 3.8) is 0 Å². The van der Waals surface area contributed by atoms with Crippen LogP contribution in [-0.4, -0.2) is 41.0 Å². The molecule has 0 aliphatic rings. The van der Waals surface area contributed by atoms with Gasteiger partial charge in [0.25, 0.3) is 0 Å². The van der Waals surface area contributed by atoms with Gasteiger partial charge in [-0.15, -0.1) is 0 Å². The topological polar surface area (TPSA) is 80.8 Å². The van der Waals surface area contributed by atoms with E-state index >= 15 is 0 Å². The second kappa shape index (κ2) is 9.87. The molecule has 0 aliphatic carbocycles. The Bertz CT molecular complexity index is 632. The number of hydrogen-bond donors (Lipinski definition) is 1. The predicted molar refractivity (Wildman–Crippen MR) is 111 cm³/mol. The molecule has 1 aromatic rings. The van der Waals surface area contributed by atoms with Gasteiger partial charge < -0.3 is 14.8 Å². The van der Waals surface area contributed by atoms with Crippen molar-refractivity contribution in [1.29, 1.82) is 0 Å². The van der Waals surface area contributed by atoms with Crippen LogP contribution < -0.4 is 10.2 Å². The Labute approximate surface area is 168 Å². The third-order valence-electron chi connectivity index (χ3n) is 3.39. The number of aromatic nitrogens is 1. The van der Waals surface area contributed by atoms with E-state index in [0.29, 0.717) is 6.04 Å². The van der Waals surface area contributed by atoms with Crippen LogP contribution in [0.25, 0.3) is 0 Å². The molecule has 2 amide bonds. The maximum atomic E-state index is 12.7. The molecule has 1 N–H and O–H groups in total. The van der Waals surface area contributed by atoms with Crippen LogP contribution in [0.4, 0.5) is 15.4 Å². The fourth-order valence-corrected chi connectivity index (χ4v) is 2.30. The van der Waals surface area contributed by atoms with Crippen molar-refractivity contribution in [1.82, 2.24) is 10.3 Å². The molecule has 0 bridgehead atoms. The minimum Gasteiger partial charge on any atom is -0.443 e. The van der Waals surface area contributed by atoms with Gasteiger partial charge in [0.15, 0.2) is 0 Å². The first-order valence-electron chi connectivity index (χ1n) is 9.73. The van der Waals surface area contributed by atoms with Gasteiger partial charge in [0, 0.05) is 12.2 Å². The van der Waals surface area contributed by atoms with Gasteiger partial charge in [-0.25, -0.2) is 14.6 Å². The van der Waals surface area contributed by atoms with Gasteiger partial charge >= 0.3 is 12.2 Å². The summed E-state index contributed by atoms with van der Waals surface area (Å²) in [7, 11) is 0. The highest BCUT2D eigenvalue weighted by Gasteiger charge is 2.33. The average molecular weight is 394 g/mol. The third-order valence-corrected chi connectivity index (χ3v) is 3.39. The van der Waals surface area contributed by atoms with Crippen LogP contribution in [0.3, 0.4) is 0 Å². The number of pyridine rings is 1. The van der Waals surface area contributed by atoms with Crippen LogP contribution in [0.1, 0.15) is 67.4 Å². The zero-order chi connectivity index (χ0) is 21.5. The van der Waals surface area contributed by atoms with Crippen LogP contribution in [0.5, 0.6) is 0 Å². The maximum Gasteiger partial charge on any atom is 0.425 e. The first-order valence-corrected chi connectivity index (χ1v) is 9.73. The number of anilines is 1. The Morgan fingerprint density at radius 2 is 1.61 bits per heavy atom. The first-order chi connectivity index (χ1) is 12.8. The maximum absolute atomic E-state index is 12.7. The van der Waals surface area contributed by atoms with Crippen molar-refractivity contribution < 1.29 is 19.1 Å². The van der Waals surface area contributed by atoms with Crippen molar-refractivity contribution >= 4 is 18.0 Å². The van der Waals surface area contributed by atoms with E-state index in [0.717, 1.165) is 29.8 Å². The quantitative estimate of drug-likeness (QED) is 0.706. The highest BCUT2D eigenvalue weighted by Crippen LogP contribution is 2.21. The number of nitrogens with one attached hydrogen (secondary N) is 1. The number of amides is 2. The van der Waals surface area contributed by atoms with Gasteiger partial charge in [-0.05, 0) is 78.6 Å². The smallest absolute Gasteiger partial charge is 0.425 e. The second-order valence-electron chi connectivity index (χ2n) is 9.03. The van der Waals surface area contributed by atoms with Crippen molar-refractivity contribution in [2.24, 2.45) is 0 Å². The molecule has 0 unspecified atom stereocenters. The lowest BCUT2D eigenvalue weighted by Gasteiger charge is -2.28. The molecule has 7 heteroatoms. The Hall–Kier alpha value is -2.15. The molecule has 28 heavy (non-hydrogen) atoms. The summed E-state index contributed by atoms with van der Waals surface area (Å²) >= 11 is 0. The number of hydrogen-bond acceptors (Lipinski definition) is 6. The summed E-state index contributed by atoms with van der Waals surface area (Å²) in [5.74, 6) is 0.192. The van der Waals surface area contributed by atoms with Crippen molar-refractivity contribution in [3.05, 3.63) is 23.9 Å². The van der Waals surface area contributed by atoms with Gasteiger partial charge in [0.1, 0.15) is 17.0 Å². The number of rotatable bonds is 6. The lowest BCUT2D eigenvalue weighted by atomic mass is 10.1. The largest absolute Gasteiger partial charge is 0.443 e. The molecule has 158 valence electrons. The molecule has 0 radical (unpaired) electrons. The van der Waals surface area contributed by atoms with Crippen LogP contribution in [0.15, 0.2) is 18.3 Å². The summed E-state index contributed by atoms with van der Waals surface area (Å²) in [6.45, 7) is 15.5. The molecule has 0 atom stereocenters. The van der Waals surface area contributed by atoms with E-state index in [4.69, 9.17) is 9.47 Å². The van der Waals surface area contributed by atoms with Crippen LogP contribution in [0.2, 0.25) is 0 Å². The molecular formula is C21H35N3O4. The summed E-state index contributed by atoms with van der Waals surface area (Å²) in [5, 5.41) is 3.37. The van der Waals surface area contributed by atoms with Crippen molar-refractivity contribution in [3.8, 4) is 0 Å². The number of ether oxygens (including phenoxy) is 2. The predicted octanol–water partition coefficient (Wildman–Crippen LogP) is 4.69. The summed E-state index contributed by atoms with van der Waals surface area (Å²) < 4.78 is 10.8. The highest BCUT2D eigenvalue weighted by molar-refractivity contribution is 6.08. The molecule has 1 heterocycles. The molecule has 7 nitrogen and oxygen atoms in total. The van der Waals surface area contributed by atoms with E-state index in [1.807, 2.05) is 6.07 Å². The van der Waals surface area contributed by atoms with Gasteiger partial charge in [0.2, 0.25) is 0 Å².